The van der Waals surface area contributed by atoms with Gasteiger partial charge >= 0.3 is 0 Å². The zero-order chi connectivity index (χ0) is 20.8. The SMILES string of the molecule is O=C(c1cccc(S(=O)(=O)N2CCc3ccccc32)c1)N1CCC2(CC1)OCCO2. The molecule has 30 heavy (non-hydrogen) atoms. The Hall–Kier alpha value is -2.42. The average Bonchev–Trinajstić information content (AvgIpc) is 3.41. The zero-order valence-corrected chi connectivity index (χ0v) is 17.4. The predicted octanol–water partition coefficient (Wildman–Crippen LogP) is 2.42. The lowest BCUT2D eigenvalue weighted by atomic mass is 10.0. The first-order chi connectivity index (χ1) is 14.5. The maximum absolute atomic E-state index is 13.3. The average molecular weight is 429 g/mol. The van der Waals surface area contributed by atoms with E-state index in [1.807, 2.05) is 24.3 Å². The minimum Gasteiger partial charge on any atom is -0.347 e. The van der Waals surface area contributed by atoms with Crippen molar-refractivity contribution in [2.24, 2.45) is 0 Å². The Labute approximate surface area is 176 Å². The fourth-order valence-electron chi connectivity index (χ4n) is 4.49. The number of sulfonamides is 1. The normalized spacial score (nSPS) is 20.5. The molecule has 0 bridgehead atoms. The van der Waals surface area contributed by atoms with Crippen molar-refractivity contribution in [2.45, 2.75) is 29.9 Å². The number of likely N-dealkylation sites (tertiary alicyclic amines) is 1. The summed E-state index contributed by atoms with van der Waals surface area (Å²) in [6.07, 6.45) is 1.94. The van der Waals surface area contributed by atoms with E-state index < -0.39 is 15.8 Å². The number of carbonyl (C=O) groups excluding carboxylic acids is 1. The van der Waals surface area contributed by atoms with E-state index in [9.17, 15) is 13.2 Å². The molecule has 8 heteroatoms. The van der Waals surface area contributed by atoms with Gasteiger partial charge in [0.1, 0.15) is 0 Å². The van der Waals surface area contributed by atoms with Crippen LogP contribution in [0.5, 0.6) is 0 Å². The molecule has 3 aliphatic heterocycles. The Balaban J connectivity index is 1.36. The molecule has 0 saturated carbocycles. The van der Waals surface area contributed by atoms with Crippen molar-refractivity contribution in [1.29, 1.82) is 0 Å². The van der Waals surface area contributed by atoms with Crippen LogP contribution in [0.1, 0.15) is 28.8 Å². The molecule has 3 heterocycles. The highest BCUT2D eigenvalue weighted by Crippen LogP contribution is 2.34. The third-order valence-electron chi connectivity index (χ3n) is 6.14. The first-order valence-electron chi connectivity index (χ1n) is 10.3. The number of nitrogens with zero attached hydrogens (tertiary/aromatic N) is 2. The van der Waals surface area contributed by atoms with Crippen molar-refractivity contribution in [3.63, 3.8) is 0 Å². The Morgan fingerprint density at radius 1 is 0.933 bits per heavy atom. The number of para-hydroxylation sites is 1. The molecule has 2 saturated heterocycles. The molecule has 5 rings (SSSR count). The monoisotopic (exact) mass is 428 g/mol. The summed E-state index contributed by atoms with van der Waals surface area (Å²) >= 11 is 0. The number of anilines is 1. The Morgan fingerprint density at radius 3 is 2.43 bits per heavy atom. The molecular formula is C22H24N2O5S. The summed E-state index contributed by atoms with van der Waals surface area (Å²) in [7, 11) is -3.73. The minimum atomic E-state index is -3.73. The number of fused-ring (bicyclic) bond motifs is 1. The molecule has 3 aliphatic rings. The molecule has 7 nitrogen and oxygen atoms in total. The number of piperidine rings is 1. The first kappa shape index (κ1) is 19.5. The topological polar surface area (TPSA) is 76.2 Å². The molecule has 1 amide bonds. The van der Waals surface area contributed by atoms with Crippen molar-refractivity contribution in [1.82, 2.24) is 4.90 Å². The number of rotatable bonds is 3. The van der Waals surface area contributed by atoms with Crippen LogP contribution in [-0.4, -0.2) is 57.9 Å². The molecule has 0 atom stereocenters. The Bertz CT molecular complexity index is 1070. The molecule has 0 radical (unpaired) electrons. The van der Waals surface area contributed by atoms with Crippen LogP contribution in [0, 0.1) is 0 Å². The number of benzene rings is 2. The van der Waals surface area contributed by atoms with E-state index in [0.717, 1.165) is 5.56 Å². The maximum atomic E-state index is 13.3. The smallest absolute Gasteiger partial charge is 0.264 e. The summed E-state index contributed by atoms with van der Waals surface area (Å²) in [5.74, 6) is -0.716. The minimum absolute atomic E-state index is 0.140. The Morgan fingerprint density at radius 2 is 1.67 bits per heavy atom. The van der Waals surface area contributed by atoms with Crippen molar-refractivity contribution in [3.05, 3.63) is 59.7 Å². The van der Waals surface area contributed by atoms with Crippen LogP contribution in [0.3, 0.4) is 0 Å². The van der Waals surface area contributed by atoms with Gasteiger partial charge in [0.25, 0.3) is 15.9 Å². The predicted molar refractivity (Wildman–Crippen MR) is 111 cm³/mol. The van der Waals surface area contributed by atoms with Gasteiger partial charge in [-0.25, -0.2) is 8.42 Å². The lowest BCUT2D eigenvalue weighted by Gasteiger charge is -2.37. The highest BCUT2D eigenvalue weighted by molar-refractivity contribution is 7.92. The fourth-order valence-corrected chi connectivity index (χ4v) is 6.04. The molecule has 0 aromatic heterocycles. The first-order valence-corrected chi connectivity index (χ1v) is 11.7. The van der Waals surface area contributed by atoms with Crippen LogP contribution in [0.15, 0.2) is 53.4 Å². The van der Waals surface area contributed by atoms with E-state index in [-0.39, 0.29) is 10.8 Å². The van der Waals surface area contributed by atoms with Gasteiger partial charge in [0, 0.05) is 38.0 Å². The van der Waals surface area contributed by atoms with E-state index in [1.54, 1.807) is 23.1 Å². The van der Waals surface area contributed by atoms with Gasteiger partial charge in [0.15, 0.2) is 5.79 Å². The van der Waals surface area contributed by atoms with Crippen LogP contribution in [0.25, 0.3) is 0 Å². The summed E-state index contributed by atoms with van der Waals surface area (Å²) in [6, 6.07) is 13.9. The van der Waals surface area contributed by atoms with E-state index >= 15 is 0 Å². The molecule has 2 fully saturated rings. The molecule has 1 spiro atoms. The van der Waals surface area contributed by atoms with E-state index in [4.69, 9.17) is 9.47 Å². The number of hydrogen-bond donors (Lipinski definition) is 0. The summed E-state index contributed by atoms with van der Waals surface area (Å²) < 4.78 is 39.4. The molecule has 2 aromatic carbocycles. The number of ether oxygens (including phenoxy) is 2. The number of hydrogen-bond acceptors (Lipinski definition) is 5. The molecule has 0 unspecified atom stereocenters. The van der Waals surface area contributed by atoms with E-state index in [1.165, 1.54) is 10.4 Å². The highest BCUT2D eigenvalue weighted by Gasteiger charge is 2.41. The van der Waals surface area contributed by atoms with Crippen LogP contribution in [-0.2, 0) is 25.9 Å². The van der Waals surface area contributed by atoms with Crippen molar-refractivity contribution in [3.8, 4) is 0 Å². The molecule has 0 N–H and O–H groups in total. The fraction of sp³-hybridized carbons (Fsp3) is 0.409. The van der Waals surface area contributed by atoms with Gasteiger partial charge in [0.05, 0.1) is 23.8 Å². The van der Waals surface area contributed by atoms with Gasteiger partial charge in [-0.3, -0.25) is 9.10 Å². The van der Waals surface area contributed by atoms with Crippen molar-refractivity contribution >= 4 is 21.6 Å². The number of amides is 1. The van der Waals surface area contributed by atoms with E-state index in [0.29, 0.717) is 63.4 Å². The lowest BCUT2D eigenvalue weighted by molar-refractivity contribution is -0.181. The third kappa shape index (κ3) is 3.29. The van der Waals surface area contributed by atoms with Gasteiger partial charge in [0.2, 0.25) is 0 Å². The second kappa shape index (κ2) is 7.37. The van der Waals surface area contributed by atoms with Gasteiger partial charge in [-0.1, -0.05) is 24.3 Å². The quantitative estimate of drug-likeness (QED) is 0.751. The van der Waals surface area contributed by atoms with Crippen LogP contribution < -0.4 is 4.31 Å². The highest BCUT2D eigenvalue weighted by atomic mass is 32.2. The van der Waals surface area contributed by atoms with Crippen molar-refractivity contribution < 1.29 is 22.7 Å². The van der Waals surface area contributed by atoms with Crippen LogP contribution in [0.2, 0.25) is 0 Å². The van der Waals surface area contributed by atoms with Gasteiger partial charge < -0.3 is 14.4 Å². The number of carbonyl (C=O) groups is 1. The van der Waals surface area contributed by atoms with Gasteiger partial charge in [-0.05, 0) is 36.2 Å². The summed E-state index contributed by atoms with van der Waals surface area (Å²) in [6.45, 7) is 2.64. The van der Waals surface area contributed by atoms with E-state index in [2.05, 4.69) is 0 Å². The van der Waals surface area contributed by atoms with Crippen molar-refractivity contribution in [2.75, 3.05) is 37.2 Å². The second-order valence-electron chi connectivity index (χ2n) is 7.88. The standard InChI is InChI=1S/C22H24N2O5S/c25-21(23-12-9-22(10-13-23)28-14-15-29-22)18-5-3-6-19(16-18)30(26,27)24-11-8-17-4-1-2-7-20(17)24/h1-7,16H,8-15H2. The Kier molecular flexibility index (Phi) is 4.80. The summed E-state index contributed by atoms with van der Waals surface area (Å²) in [5, 5.41) is 0. The molecule has 158 valence electrons. The molecule has 2 aromatic rings. The van der Waals surface area contributed by atoms with Gasteiger partial charge in [-0.2, -0.15) is 0 Å². The third-order valence-corrected chi connectivity index (χ3v) is 7.95. The summed E-state index contributed by atoms with van der Waals surface area (Å²) in [4.78, 5) is 14.9. The molecular weight excluding hydrogens is 404 g/mol. The van der Waals surface area contributed by atoms with Crippen LogP contribution >= 0.6 is 0 Å². The summed E-state index contributed by atoms with van der Waals surface area (Å²) in [5.41, 5.74) is 2.12. The second-order valence-corrected chi connectivity index (χ2v) is 9.75. The van der Waals surface area contributed by atoms with Gasteiger partial charge in [-0.15, -0.1) is 0 Å². The largest absolute Gasteiger partial charge is 0.347 e. The molecule has 0 aliphatic carbocycles. The zero-order valence-electron chi connectivity index (χ0n) is 16.6. The van der Waals surface area contributed by atoms with Crippen LogP contribution in [0.4, 0.5) is 5.69 Å². The lowest BCUT2D eigenvalue weighted by Crippen LogP contribution is -2.47. The maximum Gasteiger partial charge on any atom is 0.264 e.